The van der Waals surface area contributed by atoms with E-state index in [1.165, 1.54) is 15.7 Å². The van der Waals surface area contributed by atoms with Crippen molar-refractivity contribution >= 4 is 22.8 Å². The molecular weight excluding hydrogens is 318 g/mol. The van der Waals surface area contributed by atoms with Crippen LogP contribution in [0.25, 0.3) is 11.2 Å². The van der Waals surface area contributed by atoms with Crippen LogP contribution >= 0.6 is 0 Å². The molecular formula is C18H21N5O2. The number of H-pyrrole nitrogens is 1. The van der Waals surface area contributed by atoms with Crippen molar-refractivity contribution in [3.05, 3.63) is 50.2 Å². The molecule has 0 unspecified atom stereocenters. The first-order valence-electron chi connectivity index (χ1n) is 8.41. The summed E-state index contributed by atoms with van der Waals surface area (Å²) in [6.45, 7) is 7.86. The van der Waals surface area contributed by atoms with E-state index in [-0.39, 0.29) is 5.56 Å². The average Bonchev–Trinajstić information content (AvgIpc) is 2.94. The van der Waals surface area contributed by atoms with Crippen molar-refractivity contribution in [2.75, 3.05) is 11.4 Å². The van der Waals surface area contributed by atoms with Crippen LogP contribution in [0.5, 0.6) is 0 Å². The number of aromatic nitrogens is 4. The van der Waals surface area contributed by atoms with Crippen molar-refractivity contribution in [2.24, 2.45) is 13.0 Å². The Kier molecular flexibility index (Phi) is 3.35. The van der Waals surface area contributed by atoms with Gasteiger partial charge in [0.1, 0.15) is 0 Å². The first-order chi connectivity index (χ1) is 11.9. The molecule has 0 radical (unpaired) electrons. The minimum atomic E-state index is -0.445. The minimum Gasteiger partial charge on any atom is -0.311 e. The highest BCUT2D eigenvalue weighted by Gasteiger charge is 2.29. The molecule has 0 saturated carbocycles. The number of hydrogen-bond acceptors (Lipinski definition) is 4. The van der Waals surface area contributed by atoms with E-state index in [9.17, 15) is 9.59 Å². The number of aromatic amines is 1. The SMILES string of the molecule is Cc1cccc(N2C[C@H](C)Cn3c2nc2c3c(=O)[nH]c(=O)n2C)c1C. The van der Waals surface area contributed by atoms with E-state index >= 15 is 0 Å². The van der Waals surface area contributed by atoms with Crippen LogP contribution in [-0.2, 0) is 13.6 Å². The first-order valence-corrected chi connectivity index (χ1v) is 8.41. The highest BCUT2D eigenvalue weighted by Crippen LogP contribution is 2.35. The van der Waals surface area contributed by atoms with Gasteiger partial charge in [0.15, 0.2) is 11.2 Å². The molecule has 4 rings (SSSR count). The summed E-state index contributed by atoms with van der Waals surface area (Å²) in [5, 5.41) is 0. The monoisotopic (exact) mass is 339 g/mol. The van der Waals surface area contributed by atoms with Gasteiger partial charge in [0.05, 0.1) is 0 Å². The van der Waals surface area contributed by atoms with Gasteiger partial charge >= 0.3 is 5.69 Å². The Morgan fingerprint density at radius 3 is 2.72 bits per heavy atom. The van der Waals surface area contributed by atoms with Crippen molar-refractivity contribution in [2.45, 2.75) is 27.3 Å². The van der Waals surface area contributed by atoms with E-state index in [4.69, 9.17) is 0 Å². The summed E-state index contributed by atoms with van der Waals surface area (Å²) in [6, 6.07) is 6.20. The molecule has 25 heavy (non-hydrogen) atoms. The topological polar surface area (TPSA) is 75.9 Å². The fourth-order valence-electron chi connectivity index (χ4n) is 3.60. The van der Waals surface area contributed by atoms with E-state index in [2.05, 4.69) is 47.8 Å². The van der Waals surface area contributed by atoms with Gasteiger partial charge in [0, 0.05) is 25.8 Å². The van der Waals surface area contributed by atoms with Crippen molar-refractivity contribution in [1.29, 1.82) is 0 Å². The molecule has 1 aromatic carbocycles. The highest BCUT2D eigenvalue weighted by atomic mass is 16.2. The van der Waals surface area contributed by atoms with Crippen molar-refractivity contribution < 1.29 is 0 Å². The number of imidazole rings is 1. The first kappa shape index (κ1) is 15.7. The molecule has 7 nitrogen and oxygen atoms in total. The van der Waals surface area contributed by atoms with Crippen LogP contribution < -0.4 is 16.1 Å². The summed E-state index contributed by atoms with van der Waals surface area (Å²) >= 11 is 0. The lowest BCUT2D eigenvalue weighted by Crippen LogP contribution is -2.35. The Balaban J connectivity index is 2.04. The lowest BCUT2D eigenvalue weighted by molar-refractivity contribution is 0.458. The van der Waals surface area contributed by atoms with Crippen LogP contribution in [0, 0.1) is 19.8 Å². The smallest absolute Gasteiger partial charge is 0.311 e. The van der Waals surface area contributed by atoms with Gasteiger partial charge in [0.25, 0.3) is 5.56 Å². The fourth-order valence-corrected chi connectivity index (χ4v) is 3.60. The molecule has 0 spiro atoms. The van der Waals surface area contributed by atoms with Crippen LogP contribution in [0.1, 0.15) is 18.1 Å². The maximum absolute atomic E-state index is 12.4. The van der Waals surface area contributed by atoms with Gasteiger partial charge in [-0.05, 0) is 37.0 Å². The van der Waals surface area contributed by atoms with Crippen LogP contribution in [0.2, 0.25) is 0 Å². The quantitative estimate of drug-likeness (QED) is 0.734. The third-order valence-electron chi connectivity index (χ3n) is 5.08. The maximum atomic E-state index is 12.4. The Morgan fingerprint density at radius 2 is 1.96 bits per heavy atom. The summed E-state index contributed by atoms with van der Waals surface area (Å²) in [6.07, 6.45) is 0. The zero-order valence-electron chi connectivity index (χ0n) is 14.8. The van der Waals surface area contributed by atoms with Gasteiger partial charge in [-0.25, -0.2) is 4.79 Å². The zero-order chi connectivity index (χ0) is 17.9. The molecule has 7 heteroatoms. The second-order valence-corrected chi connectivity index (χ2v) is 6.95. The molecule has 0 bridgehead atoms. The summed E-state index contributed by atoms with van der Waals surface area (Å²) in [4.78, 5) is 33.5. The molecule has 0 aliphatic carbocycles. The van der Waals surface area contributed by atoms with Crippen molar-refractivity contribution in [3.8, 4) is 0 Å². The third-order valence-corrected chi connectivity index (χ3v) is 5.08. The molecule has 1 atom stereocenters. The fraction of sp³-hybridized carbons (Fsp3) is 0.389. The summed E-state index contributed by atoms with van der Waals surface area (Å²) in [5.41, 5.74) is 3.55. The van der Waals surface area contributed by atoms with Gasteiger partial charge in [-0.1, -0.05) is 19.1 Å². The number of fused-ring (bicyclic) bond motifs is 3. The van der Waals surface area contributed by atoms with Gasteiger partial charge in [-0.3, -0.25) is 14.3 Å². The number of hydrogen-bond donors (Lipinski definition) is 1. The van der Waals surface area contributed by atoms with Crippen LogP contribution in [0.3, 0.4) is 0 Å². The Morgan fingerprint density at radius 1 is 1.20 bits per heavy atom. The van der Waals surface area contributed by atoms with E-state index < -0.39 is 5.69 Å². The number of benzene rings is 1. The maximum Gasteiger partial charge on any atom is 0.329 e. The minimum absolute atomic E-state index is 0.349. The third kappa shape index (κ3) is 2.22. The molecule has 0 saturated heterocycles. The summed E-state index contributed by atoms with van der Waals surface area (Å²) < 4.78 is 3.33. The van der Waals surface area contributed by atoms with E-state index in [1.807, 2.05) is 10.6 Å². The molecule has 3 heterocycles. The summed E-state index contributed by atoms with van der Waals surface area (Å²) in [7, 11) is 1.63. The predicted octanol–water partition coefficient (Wildman–Crippen LogP) is 1.83. The second kappa shape index (κ2) is 5.34. The molecule has 0 fully saturated rings. The van der Waals surface area contributed by atoms with Crippen LogP contribution in [0.4, 0.5) is 11.6 Å². The molecule has 3 aromatic rings. The largest absolute Gasteiger partial charge is 0.329 e. The Hall–Kier alpha value is -2.83. The number of aryl methyl sites for hydroxylation is 2. The predicted molar refractivity (Wildman–Crippen MR) is 97.7 cm³/mol. The highest BCUT2D eigenvalue weighted by molar-refractivity contribution is 5.77. The lowest BCUT2D eigenvalue weighted by atomic mass is 10.0. The molecule has 1 aliphatic heterocycles. The van der Waals surface area contributed by atoms with Gasteiger partial charge in [-0.15, -0.1) is 0 Å². The number of anilines is 2. The standard InChI is InChI=1S/C18H21N5O2/c1-10-8-22(13-7-5-6-11(2)12(13)3)17-19-15-14(23(17)9-10)16(24)20-18(25)21(15)4/h5-7,10H,8-9H2,1-4H3,(H,20,24,25)/t10-/m0/s1. The van der Waals surface area contributed by atoms with E-state index in [1.54, 1.807) is 7.05 Å². The van der Waals surface area contributed by atoms with Crippen LogP contribution in [-0.4, -0.2) is 25.6 Å². The van der Waals surface area contributed by atoms with Gasteiger partial charge in [0.2, 0.25) is 5.95 Å². The lowest BCUT2D eigenvalue weighted by Gasteiger charge is -2.34. The van der Waals surface area contributed by atoms with Gasteiger partial charge < -0.3 is 9.47 Å². The molecule has 1 N–H and O–H groups in total. The van der Waals surface area contributed by atoms with Crippen LogP contribution in [0.15, 0.2) is 27.8 Å². The van der Waals surface area contributed by atoms with Gasteiger partial charge in [-0.2, -0.15) is 4.98 Å². The van der Waals surface area contributed by atoms with E-state index in [0.717, 1.165) is 12.2 Å². The number of nitrogens with zero attached hydrogens (tertiary/aromatic N) is 4. The Bertz CT molecular complexity index is 1110. The Labute approximate surface area is 144 Å². The van der Waals surface area contributed by atoms with E-state index in [0.29, 0.717) is 29.6 Å². The molecule has 0 amide bonds. The van der Waals surface area contributed by atoms with Crippen molar-refractivity contribution in [3.63, 3.8) is 0 Å². The zero-order valence-corrected chi connectivity index (χ0v) is 14.8. The number of nitrogens with one attached hydrogen (secondary N) is 1. The molecule has 2 aromatic heterocycles. The molecule has 1 aliphatic rings. The second-order valence-electron chi connectivity index (χ2n) is 6.95. The number of rotatable bonds is 1. The normalized spacial score (nSPS) is 17.1. The average molecular weight is 339 g/mol. The van der Waals surface area contributed by atoms with Crippen molar-refractivity contribution in [1.82, 2.24) is 19.1 Å². The molecule has 130 valence electrons. The summed E-state index contributed by atoms with van der Waals surface area (Å²) in [5.74, 6) is 1.06.